The van der Waals surface area contributed by atoms with Crippen molar-refractivity contribution in [3.63, 3.8) is 0 Å². The molecule has 0 aromatic rings. The van der Waals surface area contributed by atoms with Gasteiger partial charge in [0.1, 0.15) is 6.61 Å². The lowest BCUT2D eigenvalue weighted by Crippen LogP contribution is -2.30. The molecule has 0 rings (SSSR count). The first-order chi connectivity index (χ1) is 27.2. The van der Waals surface area contributed by atoms with Crippen LogP contribution in [0, 0.1) is 0 Å². The third-order valence-corrected chi connectivity index (χ3v) is 10.5. The Morgan fingerprint density at radius 1 is 0.589 bits per heavy atom. The first-order valence-corrected chi connectivity index (χ1v) is 24.0. The summed E-state index contributed by atoms with van der Waals surface area (Å²) in [5.74, 6) is -1.20. The van der Waals surface area contributed by atoms with Gasteiger partial charge in [0.2, 0.25) is 5.91 Å². The number of unbranched alkanes of at least 4 members (excludes halogenated alkanes) is 22. The lowest BCUT2D eigenvalue weighted by Gasteiger charge is -2.20. The molecule has 0 aromatic carbocycles. The maximum atomic E-state index is 12.7. The van der Waals surface area contributed by atoms with E-state index in [1.165, 1.54) is 83.5 Å². The van der Waals surface area contributed by atoms with Crippen molar-refractivity contribution in [2.45, 2.75) is 206 Å². The second kappa shape index (κ2) is 41.1. The van der Waals surface area contributed by atoms with Crippen LogP contribution in [0.25, 0.3) is 0 Å². The molecule has 4 N–H and O–H groups in total. The second-order valence-electron chi connectivity index (χ2n) is 14.9. The number of carbonyl (C=O) groups is 3. The molecule has 0 spiro atoms. The molecule has 0 aliphatic carbocycles. The zero-order chi connectivity index (χ0) is 41.2. The molecule has 1 amide bonds. The van der Waals surface area contributed by atoms with Crippen molar-refractivity contribution >= 4 is 25.7 Å². The fourth-order valence-electron chi connectivity index (χ4n) is 6.08. The number of nitrogens with one attached hydrogen (secondary N) is 1. The minimum absolute atomic E-state index is 0.00488. The molecule has 56 heavy (non-hydrogen) atoms. The average molecular weight is 815 g/mol. The summed E-state index contributed by atoms with van der Waals surface area (Å²) in [6.45, 7) is 3.61. The van der Waals surface area contributed by atoms with Crippen LogP contribution in [0.4, 0.5) is 0 Å². The zero-order valence-corrected chi connectivity index (χ0v) is 36.6. The highest BCUT2D eigenvalue weighted by Crippen LogP contribution is 2.43. The van der Waals surface area contributed by atoms with Gasteiger partial charge in [-0.15, -0.1) is 0 Å². The summed E-state index contributed by atoms with van der Waals surface area (Å²) >= 11 is 0. The maximum Gasteiger partial charge on any atom is 0.472 e. The zero-order valence-electron chi connectivity index (χ0n) is 35.7. The van der Waals surface area contributed by atoms with Crippen LogP contribution in [0.3, 0.4) is 0 Å². The summed E-state index contributed by atoms with van der Waals surface area (Å²) in [4.78, 5) is 46.8. The normalized spacial score (nSPS) is 13.3. The number of esters is 2. The quantitative estimate of drug-likeness (QED) is 0.0234. The van der Waals surface area contributed by atoms with Gasteiger partial charge in [0.15, 0.2) is 6.10 Å². The molecule has 12 heteroatoms. The molecular formula is C44H83N2O9P. The number of ether oxygens (including phenoxy) is 2. The Morgan fingerprint density at radius 2 is 1.02 bits per heavy atom. The molecule has 11 nitrogen and oxygen atoms in total. The van der Waals surface area contributed by atoms with Gasteiger partial charge in [0, 0.05) is 32.4 Å². The molecule has 0 bridgehead atoms. The Morgan fingerprint density at radius 3 is 1.48 bits per heavy atom. The van der Waals surface area contributed by atoms with Crippen molar-refractivity contribution in [1.29, 1.82) is 0 Å². The minimum Gasteiger partial charge on any atom is -0.462 e. The monoisotopic (exact) mass is 815 g/mol. The number of amides is 1. The SMILES string of the molecule is CCCCCCCCC=CCCCCCCCC(=O)OCC(COP(=O)(O)OCCNC(=O)CCN)OC(=O)CCCCCCCC=CCCCCCCCC. The third-order valence-electron chi connectivity index (χ3n) is 9.49. The molecule has 2 atom stereocenters. The Bertz CT molecular complexity index is 1040. The standard InChI is InChI=1S/C44H83N2O9P/c1-3-5-7-9-11-13-15-17-19-21-23-25-27-29-31-33-43(48)52-39-41(40-54-56(50,51)53-38-37-46-42(47)35-36-45)55-44(49)34-32-30-28-26-24-22-20-18-16-14-12-10-8-6-4-2/h17-20,41H,3-16,21-40,45H2,1-2H3,(H,46,47)(H,50,51). The van der Waals surface area contributed by atoms with E-state index in [1.807, 2.05) is 0 Å². The molecule has 0 heterocycles. The number of hydrogen-bond acceptors (Lipinski definition) is 9. The molecule has 0 aliphatic heterocycles. The molecule has 0 fully saturated rings. The molecule has 0 aliphatic rings. The van der Waals surface area contributed by atoms with Gasteiger partial charge in [-0.05, 0) is 64.2 Å². The molecule has 328 valence electrons. The van der Waals surface area contributed by atoms with E-state index < -0.39 is 32.5 Å². The van der Waals surface area contributed by atoms with E-state index in [9.17, 15) is 23.8 Å². The second-order valence-corrected chi connectivity index (χ2v) is 16.4. The van der Waals surface area contributed by atoms with Crippen molar-refractivity contribution in [2.75, 3.05) is 32.9 Å². The first kappa shape index (κ1) is 54.0. The molecule has 0 aromatic heterocycles. The lowest BCUT2D eigenvalue weighted by atomic mass is 10.1. The summed E-state index contributed by atoms with van der Waals surface area (Å²) in [6.07, 6.45) is 38.8. The smallest absolute Gasteiger partial charge is 0.462 e. The predicted octanol–water partition coefficient (Wildman–Crippen LogP) is 11.1. The predicted molar refractivity (Wildman–Crippen MR) is 228 cm³/mol. The van der Waals surface area contributed by atoms with Gasteiger partial charge in [-0.3, -0.25) is 23.4 Å². The van der Waals surface area contributed by atoms with E-state index in [-0.39, 0.29) is 51.5 Å². The van der Waals surface area contributed by atoms with Crippen molar-refractivity contribution in [3.05, 3.63) is 24.3 Å². The number of hydrogen-bond donors (Lipinski definition) is 3. The van der Waals surface area contributed by atoms with Crippen LogP contribution in [-0.4, -0.2) is 61.8 Å². The third kappa shape index (κ3) is 40.2. The fourth-order valence-corrected chi connectivity index (χ4v) is 6.84. The Balaban J connectivity index is 4.45. The number of nitrogens with two attached hydrogens (primary N) is 1. The van der Waals surface area contributed by atoms with Gasteiger partial charge in [0.05, 0.1) is 13.2 Å². The van der Waals surface area contributed by atoms with Crippen LogP contribution in [0.15, 0.2) is 24.3 Å². The Hall–Kier alpha value is -2.04. The minimum atomic E-state index is -4.53. The largest absolute Gasteiger partial charge is 0.472 e. The number of phosphoric ester groups is 1. The highest BCUT2D eigenvalue weighted by molar-refractivity contribution is 7.47. The maximum absolute atomic E-state index is 12.7. The van der Waals surface area contributed by atoms with E-state index >= 15 is 0 Å². The molecule has 0 saturated carbocycles. The van der Waals surface area contributed by atoms with Crippen LogP contribution in [-0.2, 0) is 37.5 Å². The summed E-state index contributed by atoms with van der Waals surface area (Å²) in [5.41, 5.74) is 5.34. The lowest BCUT2D eigenvalue weighted by molar-refractivity contribution is -0.161. The molecular weight excluding hydrogens is 731 g/mol. The number of phosphoric acid groups is 1. The van der Waals surface area contributed by atoms with E-state index in [4.69, 9.17) is 24.3 Å². The van der Waals surface area contributed by atoms with Crippen LogP contribution >= 0.6 is 7.82 Å². The highest BCUT2D eigenvalue weighted by atomic mass is 31.2. The topological polar surface area (TPSA) is 163 Å². The summed E-state index contributed by atoms with van der Waals surface area (Å²) < 4.78 is 33.3. The number of rotatable bonds is 42. The number of allylic oxidation sites excluding steroid dienone is 4. The first-order valence-electron chi connectivity index (χ1n) is 22.5. The van der Waals surface area contributed by atoms with E-state index in [1.54, 1.807) is 0 Å². The van der Waals surface area contributed by atoms with Crippen LogP contribution in [0.2, 0.25) is 0 Å². The molecule has 0 saturated heterocycles. The summed E-state index contributed by atoms with van der Waals surface area (Å²) in [6, 6.07) is 0. The Labute approximate surface area is 341 Å². The van der Waals surface area contributed by atoms with Crippen LogP contribution < -0.4 is 11.1 Å². The van der Waals surface area contributed by atoms with E-state index in [0.29, 0.717) is 12.8 Å². The number of carbonyl (C=O) groups excluding carboxylic acids is 3. The van der Waals surface area contributed by atoms with E-state index in [0.717, 1.165) is 70.6 Å². The van der Waals surface area contributed by atoms with Crippen molar-refractivity contribution < 1.29 is 42.4 Å². The molecule has 2 unspecified atom stereocenters. The van der Waals surface area contributed by atoms with Gasteiger partial charge in [-0.2, -0.15) is 0 Å². The average Bonchev–Trinajstić information content (AvgIpc) is 3.17. The van der Waals surface area contributed by atoms with Gasteiger partial charge < -0.3 is 25.4 Å². The fraction of sp³-hybridized carbons (Fsp3) is 0.841. The van der Waals surface area contributed by atoms with Crippen molar-refractivity contribution in [3.8, 4) is 0 Å². The van der Waals surface area contributed by atoms with Crippen LogP contribution in [0.1, 0.15) is 200 Å². The van der Waals surface area contributed by atoms with Gasteiger partial charge >= 0.3 is 19.8 Å². The van der Waals surface area contributed by atoms with Crippen molar-refractivity contribution in [1.82, 2.24) is 5.32 Å². The van der Waals surface area contributed by atoms with Crippen molar-refractivity contribution in [2.24, 2.45) is 5.73 Å². The highest BCUT2D eigenvalue weighted by Gasteiger charge is 2.26. The van der Waals surface area contributed by atoms with E-state index in [2.05, 4.69) is 43.5 Å². The van der Waals surface area contributed by atoms with Gasteiger partial charge in [-0.1, -0.05) is 141 Å². The van der Waals surface area contributed by atoms with Gasteiger partial charge in [-0.25, -0.2) is 4.57 Å². The summed E-state index contributed by atoms with van der Waals surface area (Å²) in [5, 5.41) is 2.52. The molecule has 0 radical (unpaired) electrons. The summed E-state index contributed by atoms with van der Waals surface area (Å²) in [7, 11) is -4.53. The Kier molecular flexibility index (Phi) is 39.6. The van der Waals surface area contributed by atoms with Gasteiger partial charge in [0.25, 0.3) is 0 Å². The van der Waals surface area contributed by atoms with Crippen LogP contribution in [0.5, 0.6) is 0 Å².